The molecule has 1 N–H and O–H groups in total. The predicted molar refractivity (Wildman–Crippen MR) is 125 cm³/mol. The van der Waals surface area contributed by atoms with E-state index in [1.165, 1.54) is 6.26 Å². The van der Waals surface area contributed by atoms with Crippen LogP contribution in [-0.4, -0.2) is 66.6 Å². The number of amides is 1. The van der Waals surface area contributed by atoms with Gasteiger partial charge >= 0.3 is 0 Å². The Labute approximate surface area is 192 Å². The molecular weight excluding hydrogens is 444 g/mol. The monoisotopic (exact) mass is 470 g/mol. The van der Waals surface area contributed by atoms with Crippen LogP contribution in [0.1, 0.15) is 11.4 Å². The molecule has 1 amide bonds. The van der Waals surface area contributed by atoms with Crippen molar-refractivity contribution in [3.8, 4) is 11.4 Å². The number of ether oxygens (including phenoxy) is 1. The summed E-state index contributed by atoms with van der Waals surface area (Å²) in [5.74, 6) is 0.754. The fraction of sp³-hybridized carbons (Fsp3) is 0.364. The van der Waals surface area contributed by atoms with E-state index in [9.17, 15) is 13.2 Å². The molecule has 10 nitrogen and oxygen atoms in total. The molecule has 1 saturated heterocycles. The Bertz CT molecular complexity index is 1230. The topological polar surface area (TPSA) is 119 Å². The van der Waals surface area contributed by atoms with Crippen molar-refractivity contribution >= 4 is 27.2 Å². The van der Waals surface area contributed by atoms with Crippen LogP contribution in [0, 0.1) is 6.92 Å². The van der Waals surface area contributed by atoms with Crippen LogP contribution in [0.3, 0.4) is 0 Å². The minimum atomic E-state index is -3.26. The van der Waals surface area contributed by atoms with Gasteiger partial charge in [-0.2, -0.15) is 5.10 Å². The molecule has 11 heteroatoms. The van der Waals surface area contributed by atoms with Crippen molar-refractivity contribution in [3.05, 3.63) is 54.0 Å². The van der Waals surface area contributed by atoms with E-state index >= 15 is 0 Å². The normalized spacial score (nSPS) is 14.3. The third kappa shape index (κ3) is 6.36. The summed E-state index contributed by atoms with van der Waals surface area (Å²) in [5, 5.41) is 7.05. The second kappa shape index (κ2) is 9.67. The summed E-state index contributed by atoms with van der Waals surface area (Å²) < 4.78 is 30.7. The molecule has 1 aliphatic rings. The van der Waals surface area contributed by atoms with E-state index in [2.05, 4.69) is 25.3 Å². The summed E-state index contributed by atoms with van der Waals surface area (Å²) in [6, 6.07) is 10.7. The summed E-state index contributed by atoms with van der Waals surface area (Å²) in [7, 11) is -3.26. The molecule has 1 aliphatic heterocycles. The lowest BCUT2D eigenvalue weighted by atomic mass is 10.2. The lowest BCUT2D eigenvalue weighted by Crippen LogP contribution is -2.37. The number of aromatic nitrogens is 4. The second-order valence-corrected chi connectivity index (χ2v) is 10.1. The first-order valence-corrected chi connectivity index (χ1v) is 12.6. The Hall–Kier alpha value is -3.31. The minimum Gasteiger partial charge on any atom is -0.378 e. The van der Waals surface area contributed by atoms with Crippen molar-refractivity contribution in [1.82, 2.24) is 19.7 Å². The van der Waals surface area contributed by atoms with Gasteiger partial charge in [-0.25, -0.2) is 18.4 Å². The molecule has 33 heavy (non-hydrogen) atoms. The number of hydrogen-bond acceptors (Lipinski definition) is 8. The van der Waals surface area contributed by atoms with Gasteiger partial charge in [-0.15, -0.1) is 0 Å². The summed E-state index contributed by atoms with van der Waals surface area (Å²) in [6.45, 7) is 4.52. The molecule has 4 rings (SSSR count). The fourth-order valence-electron chi connectivity index (χ4n) is 3.51. The van der Waals surface area contributed by atoms with Crippen LogP contribution in [0.2, 0.25) is 0 Å². The van der Waals surface area contributed by atoms with Crippen LogP contribution < -0.4 is 10.2 Å². The van der Waals surface area contributed by atoms with Crippen molar-refractivity contribution < 1.29 is 17.9 Å². The van der Waals surface area contributed by atoms with Crippen molar-refractivity contribution in [3.63, 3.8) is 0 Å². The van der Waals surface area contributed by atoms with Gasteiger partial charge in [0.1, 0.15) is 12.4 Å². The first-order chi connectivity index (χ1) is 15.7. The zero-order valence-corrected chi connectivity index (χ0v) is 19.4. The third-order valence-corrected chi connectivity index (χ3v) is 5.84. The average molecular weight is 471 g/mol. The molecule has 0 radical (unpaired) electrons. The molecule has 0 atom stereocenters. The molecule has 1 aromatic carbocycles. The van der Waals surface area contributed by atoms with E-state index in [1.54, 1.807) is 41.2 Å². The van der Waals surface area contributed by atoms with Gasteiger partial charge in [0.2, 0.25) is 5.91 Å². The molecule has 0 bridgehead atoms. The Balaban J connectivity index is 1.54. The number of morpholine rings is 1. The number of carbonyl (C=O) groups is 1. The van der Waals surface area contributed by atoms with Gasteiger partial charge in [0.05, 0.1) is 30.4 Å². The highest BCUT2D eigenvalue weighted by molar-refractivity contribution is 7.89. The van der Waals surface area contributed by atoms with Crippen molar-refractivity contribution in [2.45, 2.75) is 19.2 Å². The Kier molecular flexibility index (Phi) is 6.70. The SMILES string of the molecule is Cc1ccn(CC(=O)Nc2ccc(-c3nc(CS(C)(=O)=O)cc(N4CCOCC4)n3)cc2)n1. The fourth-order valence-corrected chi connectivity index (χ4v) is 4.20. The van der Waals surface area contributed by atoms with Crippen molar-refractivity contribution in [2.75, 3.05) is 42.8 Å². The average Bonchev–Trinajstić information content (AvgIpc) is 3.17. The van der Waals surface area contributed by atoms with Gasteiger partial charge in [-0.3, -0.25) is 9.48 Å². The smallest absolute Gasteiger partial charge is 0.246 e. The molecule has 3 heterocycles. The number of anilines is 2. The van der Waals surface area contributed by atoms with Gasteiger partial charge in [0.15, 0.2) is 15.7 Å². The molecule has 0 saturated carbocycles. The highest BCUT2D eigenvalue weighted by atomic mass is 32.2. The van der Waals surface area contributed by atoms with E-state index < -0.39 is 9.84 Å². The number of nitrogens with one attached hydrogen (secondary N) is 1. The molecule has 0 spiro atoms. The van der Waals surface area contributed by atoms with Gasteiger partial charge in [-0.05, 0) is 37.3 Å². The van der Waals surface area contributed by atoms with E-state index in [0.717, 1.165) is 11.3 Å². The Morgan fingerprint density at radius 3 is 2.48 bits per heavy atom. The van der Waals surface area contributed by atoms with Crippen LogP contribution in [0.4, 0.5) is 11.5 Å². The summed E-state index contributed by atoms with van der Waals surface area (Å²) in [6.07, 6.45) is 2.94. The number of benzene rings is 1. The number of aryl methyl sites for hydroxylation is 1. The maximum absolute atomic E-state index is 12.3. The summed E-state index contributed by atoms with van der Waals surface area (Å²) >= 11 is 0. The molecule has 3 aromatic rings. The highest BCUT2D eigenvalue weighted by Gasteiger charge is 2.17. The standard InChI is InChI=1S/C22H26N6O4S/c1-16-7-8-28(26-16)14-21(29)23-18-5-3-17(4-6-18)22-24-19(15-33(2,30)31)13-20(25-22)27-9-11-32-12-10-27/h3-8,13H,9-12,14-15H2,1-2H3,(H,23,29). The quantitative estimate of drug-likeness (QED) is 0.554. The minimum absolute atomic E-state index is 0.120. The van der Waals surface area contributed by atoms with Crippen LogP contribution in [0.5, 0.6) is 0 Å². The molecule has 1 fully saturated rings. The van der Waals surface area contributed by atoms with Crippen LogP contribution in [-0.2, 0) is 31.7 Å². The third-order valence-electron chi connectivity index (χ3n) is 5.02. The lowest BCUT2D eigenvalue weighted by molar-refractivity contribution is -0.116. The van der Waals surface area contributed by atoms with E-state index in [-0.39, 0.29) is 18.2 Å². The predicted octanol–water partition coefficient (Wildman–Crippen LogP) is 1.67. The summed E-state index contributed by atoms with van der Waals surface area (Å²) in [4.78, 5) is 23.5. The van der Waals surface area contributed by atoms with Crippen molar-refractivity contribution in [1.29, 1.82) is 0 Å². The number of carbonyl (C=O) groups excluding carboxylic acids is 1. The van der Waals surface area contributed by atoms with Gasteiger partial charge in [0, 0.05) is 42.9 Å². The molecule has 0 unspecified atom stereocenters. The molecule has 2 aromatic heterocycles. The first-order valence-electron chi connectivity index (χ1n) is 10.5. The second-order valence-electron chi connectivity index (χ2n) is 7.99. The number of rotatable bonds is 7. The molecular formula is C22H26N6O4S. The zero-order chi connectivity index (χ0) is 23.4. The van der Waals surface area contributed by atoms with E-state index in [0.29, 0.717) is 49.3 Å². The van der Waals surface area contributed by atoms with Crippen molar-refractivity contribution in [2.24, 2.45) is 0 Å². The lowest BCUT2D eigenvalue weighted by Gasteiger charge is -2.28. The summed E-state index contributed by atoms with van der Waals surface area (Å²) in [5.41, 5.74) is 2.64. The Morgan fingerprint density at radius 1 is 1.12 bits per heavy atom. The maximum atomic E-state index is 12.3. The zero-order valence-electron chi connectivity index (χ0n) is 18.6. The molecule has 174 valence electrons. The first kappa shape index (κ1) is 22.9. The number of sulfone groups is 1. The van der Waals surface area contributed by atoms with Gasteiger partial charge < -0.3 is 15.0 Å². The van der Waals surface area contributed by atoms with Gasteiger partial charge in [-0.1, -0.05) is 0 Å². The largest absolute Gasteiger partial charge is 0.378 e. The van der Waals surface area contributed by atoms with Crippen LogP contribution in [0.25, 0.3) is 11.4 Å². The van der Waals surface area contributed by atoms with Crippen LogP contribution >= 0.6 is 0 Å². The molecule has 0 aliphatic carbocycles. The number of nitrogens with zero attached hydrogens (tertiary/aromatic N) is 5. The van der Waals surface area contributed by atoms with E-state index in [1.807, 2.05) is 13.0 Å². The van der Waals surface area contributed by atoms with Gasteiger partial charge in [0.25, 0.3) is 0 Å². The van der Waals surface area contributed by atoms with E-state index in [4.69, 9.17) is 4.74 Å². The maximum Gasteiger partial charge on any atom is 0.246 e. The highest BCUT2D eigenvalue weighted by Crippen LogP contribution is 2.23. The Morgan fingerprint density at radius 2 is 1.85 bits per heavy atom. The number of hydrogen-bond donors (Lipinski definition) is 1. The van der Waals surface area contributed by atoms with Crippen LogP contribution in [0.15, 0.2) is 42.6 Å².